The number of halogens is 1. The Balaban J connectivity index is 1.82. The van der Waals surface area contributed by atoms with Crippen LogP contribution >= 0.6 is 11.6 Å². The Morgan fingerprint density at radius 3 is 3.14 bits per heavy atom. The normalized spacial score (nSPS) is 21.1. The van der Waals surface area contributed by atoms with Crippen molar-refractivity contribution in [3.8, 4) is 5.75 Å². The minimum atomic E-state index is 0.488. The lowest BCUT2D eigenvalue weighted by molar-refractivity contribution is 0.167. The SMILES string of the molecule is Clc1ccc(OC[C@H]2CCOC2)cn1. The van der Waals surface area contributed by atoms with Gasteiger partial charge >= 0.3 is 0 Å². The molecule has 3 nitrogen and oxygen atoms in total. The van der Waals surface area contributed by atoms with Crippen LogP contribution in [0.25, 0.3) is 0 Å². The monoisotopic (exact) mass is 213 g/mol. The van der Waals surface area contributed by atoms with Gasteiger partial charge < -0.3 is 9.47 Å². The summed E-state index contributed by atoms with van der Waals surface area (Å²) in [6.45, 7) is 2.36. The summed E-state index contributed by atoms with van der Waals surface area (Å²) < 4.78 is 10.8. The van der Waals surface area contributed by atoms with E-state index in [-0.39, 0.29) is 0 Å². The minimum Gasteiger partial charge on any atom is -0.492 e. The van der Waals surface area contributed by atoms with Gasteiger partial charge in [-0.05, 0) is 18.6 Å². The van der Waals surface area contributed by atoms with Gasteiger partial charge in [-0.1, -0.05) is 11.6 Å². The predicted octanol–water partition coefficient (Wildman–Crippen LogP) is 2.15. The third-order valence-corrected chi connectivity index (χ3v) is 2.43. The van der Waals surface area contributed by atoms with Crippen LogP contribution in [0.15, 0.2) is 18.3 Å². The van der Waals surface area contributed by atoms with Crippen LogP contribution < -0.4 is 4.74 Å². The van der Waals surface area contributed by atoms with Gasteiger partial charge in [-0.15, -0.1) is 0 Å². The lowest BCUT2D eigenvalue weighted by Gasteiger charge is -2.09. The molecule has 0 bridgehead atoms. The molecule has 1 atom stereocenters. The molecule has 0 aromatic carbocycles. The standard InChI is InChI=1S/C10H12ClNO2/c11-10-2-1-9(5-12-10)14-7-8-3-4-13-6-8/h1-2,5,8H,3-4,6-7H2/t8-/m0/s1. The molecule has 0 spiro atoms. The maximum atomic E-state index is 5.65. The van der Waals surface area contributed by atoms with Gasteiger partial charge in [0.2, 0.25) is 0 Å². The molecule has 2 rings (SSSR count). The first kappa shape index (κ1) is 9.74. The van der Waals surface area contributed by atoms with E-state index in [4.69, 9.17) is 21.1 Å². The molecule has 1 fully saturated rings. The van der Waals surface area contributed by atoms with Gasteiger partial charge in [-0.25, -0.2) is 4.98 Å². The molecule has 1 aliphatic heterocycles. The van der Waals surface area contributed by atoms with Gasteiger partial charge in [0, 0.05) is 12.5 Å². The third-order valence-electron chi connectivity index (χ3n) is 2.21. The molecular weight excluding hydrogens is 202 g/mol. The summed E-state index contributed by atoms with van der Waals surface area (Å²) >= 11 is 5.65. The molecular formula is C10H12ClNO2. The first-order chi connectivity index (χ1) is 6.84. The highest BCUT2D eigenvalue weighted by molar-refractivity contribution is 6.29. The van der Waals surface area contributed by atoms with Crippen molar-refractivity contribution in [2.75, 3.05) is 19.8 Å². The number of nitrogens with zero attached hydrogens (tertiary/aromatic N) is 1. The van der Waals surface area contributed by atoms with E-state index < -0.39 is 0 Å². The average Bonchev–Trinajstić information content (AvgIpc) is 2.70. The summed E-state index contributed by atoms with van der Waals surface area (Å²) in [6, 6.07) is 3.55. The Morgan fingerprint density at radius 2 is 2.50 bits per heavy atom. The van der Waals surface area contributed by atoms with Crippen molar-refractivity contribution in [1.82, 2.24) is 4.98 Å². The van der Waals surface area contributed by atoms with Crippen LogP contribution in [0.2, 0.25) is 5.15 Å². The van der Waals surface area contributed by atoms with Gasteiger partial charge in [0.15, 0.2) is 0 Å². The topological polar surface area (TPSA) is 31.4 Å². The molecule has 1 aromatic rings. The molecule has 1 saturated heterocycles. The summed E-state index contributed by atoms with van der Waals surface area (Å²) in [5.74, 6) is 1.28. The zero-order valence-electron chi connectivity index (χ0n) is 7.78. The van der Waals surface area contributed by atoms with Crippen LogP contribution in [0.3, 0.4) is 0 Å². The van der Waals surface area contributed by atoms with Gasteiger partial charge in [-0.3, -0.25) is 0 Å². The van der Waals surface area contributed by atoms with E-state index in [0.29, 0.717) is 17.7 Å². The maximum absolute atomic E-state index is 5.65. The van der Waals surface area contributed by atoms with Crippen LogP contribution in [0, 0.1) is 5.92 Å². The molecule has 0 unspecified atom stereocenters. The Bertz CT molecular complexity index is 283. The third kappa shape index (κ3) is 2.59. The molecule has 14 heavy (non-hydrogen) atoms. The second-order valence-corrected chi connectivity index (χ2v) is 3.74. The summed E-state index contributed by atoms with van der Waals surface area (Å²) in [5.41, 5.74) is 0. The van der Waals surface area contributed by atoms with Crippen molar-refractivity contribution in [3.05, 3.63) is 23.5 Å². The number of rotatable bonds is 3. The fourth-order valence-electron chi connectivity index (χ4n) is 1.38. The van der Waals surface area contributed by atoms with Crippen molar-refractivity contribution in [2.24, 2.45) is 5.92 Å². The fraction of sp³-hybridized carbons (Fsp3) is 0.500. The number of hydrogen-bond donors (Lipinski definition) is 0. The largest absolute Gasteiger partial charge is 0.492 e. The minimum absolute atomic E-state index is 0.488. The molecule has 4 heteroatoms. The quantitative estimate of drug-likeness (QED) is 0.721. The average molecular weight is 214 g/mol. The number of hydrogen-bond acceptors (Lipinski definition) is 3. The summed E-state index contributed by atoms with van der Waals surface area (Å²) in [7, 11) is 0. The molecule has 1 aliphatic rings. The van der Waals surface area contributed by atoms with Crippen molar-refractivity contribution < 1.29 is 9.47 Å². The first-order valence-electron chi connectivity index (χ1n) is 4.67. The van der Waals surface area contributed by atoms with Crippen LogP contribution in [0.1, 0.15) is 6.42 Å². The van der Waals surface area contributed by atoms with Gasteiger partial charge in [0.05, 0.1) is 19.4 Å². The molecule has 0 radical (unpaired) electrons. The molecule has 0 saturated carbocycles. The van der Waals surface area contributed by atoms with Crippen LogP contribution in [0.5, 0.6) is 5.75 Å². The van der Waals surface area contributed by atoms with Crippen molar-refractivity contribution in [1.29, 1.82) is 0 Å². The van der Waals surface area contributed by atoms with E-state index in [0.717, 1.165) is 25.4 Å². The lowest BCUT2D eigenvalue weighted by Crippen LogP contribution is -2.11. The molecule has 0 aliphatic carbocycles. The number of ether oxygens (including phenoxy) is 2. The van der Waals surface area contributed by atoms with E-state index in [1.54, 1.807) is 12.3 Å². The van der Waals surface area contributed by atoms with Crippen molar-refractivity contribution in [3.63, 3.8) is 0 Å². The zero-order chi connectivity index (χ0) is 9.80. The maximum Gasteiger partial charge on any atom is 0.137 e. The van der Waals surface area contributed by atoms with Crippen LogP contribution in [0.4, 0.5) is 0 Å². The second kappa shape index (κ2) is 4.62. The van der Waals surface area contributed by atoms with E-state index in [9.17, 15) is 0 Å². The first-order valence-corrected chi connectivity index (χ1v) is 5.04. The smallest absolute Gasteiger partial charge is 0.137 e. The molecule has 2 heterocycles. The predicted molar refractivity (Wildman–Crippen MR) is 53.7 cm³/mol. The Morgan fingerprint density at radius 1 is 1.57 bits per heavy atom. The van der Waals surface area contributed by atoms with Gasteiger partial charge in [0.1, 0.15) is 10.9 Å². The van der Waals surface area contributed by atoms with Gasteiger partial charge in [0.25, 0.3) is 0 Å². The van der Waals surface area contributed by atoms with Gasteiger partial charge in [-0.2, -0.15) is 0 Å². The highest BCUT2D eigenvalue weighted by Crippen LogP contribution is 2.16. The zero-order valence-corrected chi connectivity index (χ0v) is 8.54. The molecule has 0 amide bonds. The van der Waals surface area contributed by atoms with Crippen molar-refractivity contribution in [2.45, 2.75) is 6.42 Å². The summed E-state index contributed by atoms with van der Waals surface area (Å²) in [4.78, 5) is 3.93. The number of aromatic nitrogens is 1. The summed E-state index contributed by atoms with van der Waals surface area (Å²) in [6.07, 6.45) is 2.72. The van der Waals surface area contributed by atoms with Crippen LogP contribution in [-0.2, 0) is 4.74 Å². The number of pyridine rings is 1. The molecule has 0 N–H and O–H groups in total. The highest BCUT2D eigenvalue weighted by atomic mass is 35.5. The molecule has 76 valence electrons. The van der Waals surface area contributed by atoms with Crippen LogP contribution in [-0.4, -0.2) is 24.8 Å². The highest BCUT2D eigenvalue weighted by Gasteiger charge is 2.15. The van der Waals surface area contributed by atoms with E-state index in [2.05, 4.69) is 4.98 Å². The Kier molecular flexibility index (Phi) is 3.22. The van der Waals surface area contributed by atoms with E-state index in [1.165, 1.54) is 0 Å². The Hall–Kier alpha value is -0.800. The Labute approximate surface area is 88.0 Å². The lowest BCUT2D eigenvalue weighted by atomic mass is 10.1. The molecule has 1 aromatic heterocycles. The van der Waals surface area contributed by atoms with E-state index in [1.807, 2.05) is 6.07 Å². The van der Waals surface area contributed by atoms with Crippen molar-refractivity contribution >= 4 is 11.6 Å². The summed E-state index contributed by atoms with van der Waals surface area (Å²) in [5, 5.41) is 0.488. The fourth-order valence-corrected chi connectivity index (χ4v) is 1.49. The second-order valence-electron chi connectivity index (χ2n) is 3.36. The van der Waals surface area contributed by atoms with E-state index >= 15 is 0 Å².